The molecule has 0 radical (unpaired) electrons. The van der Waals surface area contributed by atoms with Crippen molar-refractivity contribution in [2.75, 3.05) is 5.32 Å². The molecule has 0 spiro atoms. The molecule has 1 aromatic heterocycles. The maximum absolute atomic E-state index is 13.6. The molecule has 0 saturated carbocycles. The van der Waals surface area contributed by atoms with E-state index in [0.29, 0.717) is 5.82 Å². The number of anilines is 1. The molecule has 21 heavy (non-hydrogen) atoms. The van der Waals surface area contributed by atoms with Crippen LogP contribution < -0.4 is 5.32 Å². The third kappa shape index (κ3) is 2.86. The van der Waals surface area contributed by atoms with Gasteiger partial charge in [-0.3, -0.25) is 0 Å². The van der Waals surface area contributed by atoms with Crippen LogP contribution in [0.1, 0.15) is 5.56 Å². The van der Waals surface area contributed by atoms with Crippen LogP contribution in [-0.2, 0) is 6.54 Å². The number of benzene rings is 2. The van der Waals surface area contributed by atoms with Crippen LogP contribution in [0.2, 0.25) is 0 Å². The molecule has 5 nitrogen and oxygen atoms in total. The predicted molar refractivity (Wildman–Crippen MR) is 73.3 cm³/mol. The summed E-state index contributed by atoms with van der Waals surface area (Å²) in [5, 5.41) is 16.7. The van der Waals surface area contributed by atoms with Crippen LogP contribution in [0, 0.1) is 11.6 Å². The summed E-state index contributed by atoms with van der Waals surface area (Å²) in [4.78, 5) is 0. The molecule has 0 unspecified atom stereocenters. The van der Waals surface area contributed by atoms with Gasteiger partial charge in [0.15, 0.2) is 11.6 Å². The van der Waals surface area contributed by atoms with Gasteiger partial charge >= 0.3 is 0 Å². The van der Waals surface area contributed by atoms with Gasteiger partial charge in [-0.15, -0.1) is 10.2 Å². The van der Waals surface area contributed by atoms with Crippen molar-refractivity contribution in [3.8, 4) is 11.4 Å². The van der Waals surface area contributed by atoms with Gasteiger partial charge in [0.25, 0.3) is 0 Å². The van der Waals surface area contributed by atoms with Gasteiger partial charge in [-0.2, -0.15) is 5.21 Å². The van der Waals surface area contributed by atoms with Crippen LogP contribution >= 0.6 is 0 Å². The number of tetrazole rings is 1. The fourth-order valence-corrected chi connectivity index (χ4v) is 1.93. The molecule has 0 aliphatic rings. The zero-order valence-corrected chi connectivity index (χ0v) is 10.8. The highest BCUT2D eigenvalue weighted by atomic mass is 19.2. The molecule has 1 heterocycles. The Morgan fingerprint density at radius 1 is 1.10 bits per heavy atom. The normalized spacial score (nSPS) is 10.6. The maximum atomic E-state index is 13.6. The topological polar surface area (TPSA) is 66.5 Å². The zero-order chi connectivity index (χ0) is 14.7. The second-order valence-electron chi connectivity index (χ2n) is 4.38. The number of halogens is 2. The lowest BCUT2D eigenvalue weighted by atomic mass is 10.1. The maximum Gasteiger partial charge on any atom is 0.204 e. The monoisotopic (exact) mass is 287 g/mol. The first kappa shape index (κ1) is 13.2. The van der Waals surface area contributed by atoms with Crippen LogP contribution in [0.25, 0.3) is 11.4 Å². The van der Waals surface area contributed by atoms with Gasteiger partial charge in [-0.25, -0.2) is 8.78 Å². The Hall–Kier alpha value is -2.83. The van der Waals surface area contributed by atoms with E-state index in [1.54, 1.807) is 0 Å². The van der Waals surface area contributed by atoms with E-state index in [4.69, 9.17) is 0 Å². The third-order valence-electron chi connectivity index (χ3n) is 2.98. The standard InChI is InChI=1S/C14H11F2N5/c15-12-6-2-4-10(13(12)16)8-17-11-5-1-3-9(7-11)14-18-20-21-19-14/h1-7,17H,8H2,(H,18,19,20,21). The van der Waals surface area contributed by atoms with E-state index in [9.17, 15) is 8.78 Å². The summed E-state index contributed by atoms with van der Waals surface area (Å²) in [6.45, 7) is 0.180. The van der Waals surface area contributed by atoms with Crippen molar-refractivity contribution in [2.24, 2.45) is 0 Å². The lowest BCUT2D eigenvalue weighted by Crippen LogP contribution is -2.03. The van der Waals surface area contributed by atoms with Crippen LogP contribution in [0.5, 0.6) is 0 Å². The minimum absolute atomic E-state index is 0.180. The van der Waals surface area contributed by atoms with Gasteiger partial charge in [0.05, 0.1) is 0 Å². The molecule has 0 fully saturated rings. The fourth-order valence-electron chi connectivity index (χ4n) is 1.93. The predicted octanol–water partition coefficient (Wildman–Crippen LogP) is 2.76. The van der Waals surface area contributed by atoms with Crippen molar-refractivity contribution < 1.29 is 8.78 Å². The lowest BCUT2D eigenvalue weighted by molar-refractivity contribution is 0.500. The van der Waals surface area contributed by atoms with Gasteiger partial charge in [-0.05, 0) is 23.4 Å². The molecule has 0 saturated heterocycles. The van der Waals surface area contributed by atoms with Gasteiger partial charge in [0.2, 0.25) is 5.82 Å². The van der Waals surface area contributed by atoms with Crippen LogP contribution in [0.3, 0.4) is 0 Å². The molecule has 3 rings (SSSR count). The minimum Gasteiger partial charge on any atom is -0.381 e. The van der Waals surface area contributed by atoms with Crippen molar-refractivity contribution in [1.82, 2.24) is 20.6 Å². The van der Waals surface area contributed by atoms with E-state index >= 15 is 0 Å². The molecule has 0 aliphatic carbocycles. The molecule has 7 heteroatoms. The first-order valence-electron chi connectivity index (χ1n) is 6.24. The highest BCUT2D eigenvalue weighted by molar-refractivity contribution is 5.61. The largest absolute Gasteiger partial charge is 0.381 e. The summed E-state index contributed by atoms with van der Waals surface area (Å²) >= 11 is 0. The average Bonchev–Trinajstić information content (AvgIpc) is 3.03. The lowest BCUT2D eigenvalue weighted by Gasteiger charge is -2.08. The summed E-state index contributed by atoms with van der Waals surface area (Å²) in [7, 11) is 0. The minimum atomic E-state index is -0.852. The number of nitrogens with one attached hydrogen (secondary N) is 2. The Kier molecular flexibility index (Phi) is 3.55. The number of rotatable bonds is 4. The van der Waals surface area contributed by atoms with Crippen molar-refractivity contribution >= 4 is 5.69 Å². The fraction of sp³-hybridized carbons (Fsp3) is 0.0714. The van der Waals surface area contributed by atoms with Gasteiger partial charge < -0.3 is 5.32 Å². The number of aromatic nitrogens is 4. The zero-order valence-electron chi connectivity index (χ0n) is 10.8. The third-order valence-corrected chi connectivity index (χ3v) is 2.98. The smallest absolute Gasteiger partial charge is 0.204 e. The Bertz CT molecular complexity index is 743. The van der Waals surface area contributed by atoms with Crippen molar-refractivity contribution in [3.05, 3.63) is 59.7 Å². The average molecular weight is 287 g/mol. The Labute approximate surface area is 119 Å². The van der Waals surface area contributed by atoms with E-state index in [0.717, 1.165) is 17.3 Å². The van der Waals surface area contributed by atoms with Crippen LogP contribution in [-0.4, -0.2) is 20.6 Å². The van der Waals surface area contributed by atoms with Gasteiger partial charge in [0.1, 0.15) is 0 Å². The quantitative estimate of drug-likeness (QED) is 0.774. The van der Waals surface area contributed by atoms with Crippen LogP contribution in [0.15, 0.2) is 42.5 Å². The van der Waals surface area contributed by atoms with E-state index in [2.05, 4.69) is 25.9 Å². The number of hydrogen-bond donors (Lipinski definition) is 2. The molecule has 2 aromatic carbocycles. The Morgan fingerprint density at radius 3 is 2.76 bits per heavy atom. The highest BCUT2D eigenvalue weighted by Crippen LogP contribution is 2.19. The Balaban J connectivity index is 1.77. The summed E-state index contributed by atoms with van der Waals surface area (Å²) < 4.78 is 26.7. The molecular weight excluding hydrogens is 276 g/mol. The number of nitrogens with zero attached hydrogens (tertiary/aromatic N) is 3. The first-order valence-corrected chi connectivity index (χ1v) is 6.24. The molecule has 106 valence electrons. The molecular formula is C14H11F2N5. The van der Waals surface area contributed by atoms with Gasteiger partial charge in [0, 0.05) is 23.4 Å². The molecule has 3 aromatic rings. The summed E-state index contributed by atoms with van der Waals surface area (Å²) in [6, 6.07) is 11.4. The van der Waals surface area contributed by atoms with Crippen molar-refractivity contribution in [2.45, 2.75) is 6.54 Å². The van der Waals surface area contributed by atoms with Crippen molar-refractivity contribution in [1.29, 1.82) is 0 Å². The molecule has 0 amide bonds. The van der Waals surface area contributed by atoms with Crippen LogP contribution in [0.4, 0.5) is 14.5 Å². The van der Waals surface area contributed by atoms with E-state index in [1.165, 1.54) is 12.1 Å². The second-order valence-corrected chi connectivity index (χ2v) is 4.38. The molecule has 0 aliphatic heterocycles. The summed E-state index contributed by atoms with van der Waals surface area (Å²) in [6.07, 6.45) is 0. The second kappa shape index (κ2) is 5.66. The number of hydrogen-bond acceptors (Lipinski definition) is 4. The molecule has 0 bridgehead atoms. The first-order chi connectivity index (χ1) is 10.2. The van der Waals surface area contributed by atoms with Gasteiger partial charge in [-0.1, -0.05) is 24.3 Å². The van der Waals surface area contributed by atoms with E-state index < -0.39 is 11.6 Å². The summed E-state index contributed by atoms with van der Waals surface area (Å²) in [5.41, 5.74) is 1.79. The number of aromatic amines is 1. The Morgan fingerprint density at radius 2 is 1.95 bits per heavy atom. The van der Waals surface area contributed by atoms with E-state index in [-0.39, 0.29) is 12.1 Å². The summed E-state index contributed by atoms with van der Waals surface area (Å²) in [5.74, 6) is -1.22. The highest BCUT2D eigenvalue weighted by Gasteiger charge is 2.08. The van der Waals surface area contributed by atoms with Crippen molar-refractivity contribution in [3.63, 3.8) is 0 Å². The molecule has 2 N–H and O–H groups in total. The number of H-pyrrole nitrogens is 1. The SMILES string of the molecule is Fc1cccc(CNc2cccc(-c3nn[nH]n3)c2)c1F. The van der Waals surface area contributed by atoms with E-state index in [1.807, 2.05) is 24.3 Å². The molecule has 0 atom stereocenters.